The third kappa shape index (κ3) is 41.3. The minimum Gasteiger partial charge on any atom is -0.462 e. The molecule has 0 aromatic carbocycles. The van der Waals surface area contributed by atoms with Crippen molar-refractivity contribution in [2.45, 2.75) is 174 Å². The highest BCUT2D eigenvalue weighted by Crippen LogP contribution is 2.43. The minimum absolute atomic E-state index is 0.0246. The second-order valence-electron chi connectivity index (χ2n) is 15.7. The van der Waals surface area contributed by atoms with Crippen LogP contribution in [0.4, 0.5) is 0 Å². The van der Waals surface area contributed by atoms with Gasteiger partial charge in [0.15, 0.2) is 6.10 Å². The average Bonchev–Trinajstić information content (AvgIpc) is 3.15. The number of phosphoric ester groups is 1. The van der Waals surface area contributed by atoms with Gasteiger partial charge in [-0.05, 0) is 57.8 Å². The van der Waals surface area contributed by atoms with Gasteiger partial charge in [-0.25, -0.2) is 4.57 Å². The van der Waals surface area contributed by atoms with Crippen molar-refractivity contribution in [3.05, 3.63) is 60.8 Å². The van der Waals surface area contributed by atoms with Crippen LogP contribution >= 0.6 is 7.82 Å². The zero-order valence-electron chi connectivity index (χ0n) is 36.3. The molecular formula is C46H83NO8P+. The molecule has 0 saturated heterocycles. The lowest BCUT2D eigenvalue weighted by molar-refractivity contribution is -0.870. The van der Waals surface area contributed by atoms with E-state index in [0.717, 1.165) is 64.2 Å². The van der Waals surface area contributed by atoms with Gasteiger partial charge in [0.2, 0.25) is 0 Å². The molecule has 0 aliphatic carbocycles. The summed E-state index contributed by atoms with van der Waals surface area (Å²) < 4.78 is 34.3. The number of esters is 2. The van der Waals surface area contributed by atoms with E-state index >= 15 is 0 Å². The summed E-state index contributed by atoms with van der Waals surface area (Å²) in [5, 5.41) is 0. The summed E-state index contributed by atoms with van der Waals surface area (Å²) in [5.41, 5.74) is 0. The van der Waals surface area contributed by atoms with Gasteiger partial charge in [-0.15, -0.1) is 0 Å². The highest BCUT2D eigenvalue weighted by molar-refractivity contribution is 7.47. The van der Waals surface area contributed by atoms with E-state index < -0.39 is 32.5 Å². The number of unbranched alkanes of at least 4 members (excludes halogenated alkanes) is 15. The van der Waals surface area contributed by atoms with Crippen LogP contribution in [0.2, 0.25) is 0 Å². The molecular weight excluding hydrogens is 725 g/mol. The van der Waals surface area contributed by atoms with Gasteiger partial charge in [-0.3, -0.25) is 18.6 Å². The Morgan fingerprint density at radius 2 is 1.02 bits per heavy atom. The van der Waals surface area contributed by atoms with E-state index in [1.807, 2.05) is 21.1 Å². The smallest absolute Gasteiger partial charge is 0.462 e. The number of likely N-dealkylation sites (N-methyl/N-ethyl adjacent to an activating group) is 1. The van der Waals surface area contributed by atoms with Crippen LogP contribution in [0, 0.1) is 0 Å². The van der Waals surface area contributed by atoms with E-state index in [9.17, 15) is 19.0 Å². The molecule has 0 amide bonds. The van der Waals surface area contributed by atoms with Crippen molar-refractivity contribution in [1.29, 1.82) is 0 Å². The summed E-state index contributed by atoms with van der Waals surface area (Å²) in [7, 11) is 1.45. The maximum absolute atomic E-state index is 12.7. The first-order valence-corrected chi connectivity index (χ1v) is 23.5. The maximum atomic E-state index is 12.7. The van der Waals surface area contributed by atoms with E-state index in [4.69, 9.17) is 18.5 Å². The second-order valence-corrected chi connectivity index (χ2v) is 17.2. The molecule has 10 heteroatoms. The minimum atomic E-state index is -4.38. The van der Waals surface area contributed by atoms with Crippen LogP contribution in [-0.4, -0.2) is 74.9 Å². The van der Waals surface area contributed by atoms with Gasteiger partial charge in [-0.1, -0.05) is 158 Å². The summed E-state index contributed by atoms with van der Waals surface area (Å²) in [6.07, 6.45) is 45.5. The normalized spacial score (nSPS) is 14.2. The summed E-state index contributed by atoms with van der Waals surface area (Å²) in [4.78, 5) is 35.3. The summed E-state index contributed by atoms with van der Waals surface area (Å²) in [5.74, 6) is -0.838. The molecule has 1 unspecified atom stereocenters. The quantitative estimate of drug-likeness (QED) is 0.0215. The molecule has 324 valence electrons. The number of hydrogen-bond donors (Lipinski definition) is 1. The molecule has 1 N–H and O–H groups in total. The van der Waals surface area contributed by atoms with E-state index in [-0.39, 0.29) is 26.1 Å². The molecule has 2 atom stereocenters. The van der Waals surface area contributed by atoms with Crippen LogP contribution in [0.15, 0.2) is 60.8 Å². The standard InChI is InChI=1S/C46H82NO8P/c1-6-8-10-12-14-16-18-20-21-22-23-24-25-27-28-30-32-34-36-38-45(48)52-42-44(43-54-56(50,51)53-41-40-47(3,4)5)55-46(49)39-37-35-33-31-29-26-19-17-15-13-11-9-7-2/h8,10,14,16,20-21,23-24,27-28,44H,6-7,9,11-13,15,17-19,22,25-26,29-43H2,1-5H3/p+1/b10-8-,16-14-,21-20-,24-23-,28-27-/t44-/m1/s1. The van der Waals surface area contributed by atoms with E-state index in [0.29, 0.717) is 23.9 Å². The molecule has 0 aromatic rings. The number of carbonyl (C=O) groups is 2. The molecule has 56 heavy (non-hydrogen) atoms. The van der Waals surface area contributed by atoms with Crippen LogP contribution in [0.1, 0.15) is 168 Å². The van der Waals surface area contributed by atoms with E-state index in [1.54, 1.807) is 0 Å². The number of allylic oxidation sites excluding steroid dienone is 10. The van der Waals surface area contributed by atoms with Crippen molar-refractivity contribution in [1.82, 2.24) is 0 Å². The van der Waals surface area contributed by atoms with Crippen LogP contribution in [0.3, 0.4) is 0 Å². The average molecular weight is 809 g/mol. The number of ether oxygens (including phenoxy) is 2. The van der Waals surface area contributed by atoms with Gasteiger partial charge < -0.3 is 18.9 Å². The van der Waals surface area contributed by atoms with Crippen molar-refractivity contribution in [3.8, 4) is 0 Å². The lowest BCUT2D eigenvalue weighted by Gasteiger charge is -2.24. The molecule has 0 rings (SSSR count). The summed E-state index contributed by atoms with van der Waals surface area (Å²) >= 11 is 0. The first-order chi connectivity index (χ1) is 27.0. The summed E-state index contributed by atoms with van der Waals surface area (Å²) in [6.45, 7) is 4.26. The molecule has 0 saturated carbocycles. The summed E-state index contributed by atoms with van der Waals surface area (Å²) in [6, 6.07) is 0. The largest absolute Gasteiger partial charge is 0.472 e. The number of rotatable bonds is 39. The Labute approximate surface area is 343 Å². The molecule has 0 aromatic heterocycles. The Kier molecular flexibility index (Phi) is 36.7. The maximum Gasteiger partial charge on any atom is 0.472 e. The third-order valence-electron chi connectivity index (χ3n) is 9.06. The number of hydrogen-bond acceptors (Lipinski definition) is 7. The van der Waals surface area contributed by atoms with Gasteiger partial charge in [0.25, 0.3) is 0 Å². The Bertz CT molecular complexity index is 1140. The Morgan fingerprint density at radius 1 is 0.571 bits per heavy atom. The molecule has 0 bridgehead atoms. The predicted octanol–water partition coefficient (Wildman–Crippen LogP) is 12.5. The van der Waals surface area contributed by atoms with E-state index in [2.05, 4.69) is 74.6 Å². The SMILES string of the molecule is CC/C=C\C/C=C\C/C=C\C/C=C\C/C=C\CCCCCC(=O)OC[C@H](COP(=O)(O)OCC[N+](C)(C)C)OC(=O)CCCCCCCCCCCCCCC. The third-order valence-corrected chi connectivity index (χ3v) is 10.0. The van der Waals surface area contributed by atoms with Gasteiger partial charge in [0.1, 0.15) is 19.8 Å². The lowest BCUT2D eigenvalue weighted by Crippen LogP contribution is -2.37. The van der Waals surface area contributed by atoms with E-state index in [1.165, 1.54) is 64.2 Å². The van der Waals surface area contributed by atoms with Crippen LogP contribution in [0.25, 0.3) is 0 Å². The molecule has 0 fully saturated rings. The zero-order valence-corrected chi connectivity index (χ0v) is 37.2. The number of nitrogens with zero attached hydrogens (tertiary/aromatic N) is 1. The first-order valence-electron chi connectivity index (χ1n) is 22.0. The molecule has 0 aliphatic heterocycles. The highest BCUT2D eigenvalue weighted by atomic mass is 31.2. The first kappa shape index (κ1) is 53.7. The second kappa shape index (κ2) is 38.2. The Hall–Kier alpha value is -2.29. The van der Waals surface area contributed by atoms with Crippen molar-refractivity contribution in [2.24, 2.45) is 0 Å². The van der Waals surface area contributed by atoms with Crippen LogP contribution in [-0.2, 0) is 32.7 Å². The van der Waals surface area contributed by atoms with Gasteiger partial charge in [0, 0.05) is 12.8 Å². The van der Waals surface area contributed by atoms with Crippen molar-refractivity contribution >= 4 is 19.8 Å². The van der Waals surface area contributed by atoms with Crippen LogP contribution < -0.4 is 0 Å². The van der Waals surface area contributed by atoms with Crippen molar-refractivity contribution in [2.75, 3.05) is 47.5 Å². The van der Waals surface area contributed by atoms with Crippen molar-refractivity contribution in [3.63, 3.8) is 0 Å². The number of phosphoric acid groups is 1. The predicted molar refractivity (Wildman–Crippen MR) is 233 cm³/mol. The Morgan fingerprint density at radius 3 is 1.52 bits per heavy atom. The van der Waals surface area contributed by atoms with Gasteiger partial charge in [-0.2, -0.15) is 0 Å². The topological polar surface area (TPSA) is 108 Å². The molecule has 9 nitrogen and oxygen atoms in total. The Balaban J connectivity index is 4.41. The molecule has 0 radical (unpaired) electrons. The fourth-order valence-electron chi connectivity index (χ4n) is 5.63. The lowest BCUT2D eigenvalue weighted by atomic mass is 10.0. The highest BCUT2D eigenvalue weighted by Gasteiger charge is 2.27. The monoisotopic (exact) mass is 809 g/mol. The van der Waals surface area contributed by atoms with Crippen LogP contribution in [0.5, 0.6) is 0 Å². The number of carbonyl (C=O) groups excluding carboxylic acids is 2. The fraction of sp³-hybridized carbons (Fsp3) is 0.739. The molecule has 0 heterocycles. The molecule has 0 aliphatic rings. The fourth-order valence-corrected chi connectivity index (χ4v) is 6.37. The molecule has 0 spiro atoms. The number of quaternary nitrogens is 1. The van der Waals surface area contributed by atoms with Gasteiger partial charge in [0.05, 0.1) is 27.7 Å². The zero-order chi connectivity index (χ0) is 41.4. The van der Waals surface area contributed by atoms with Crippen molar-refractivity contribution < 1.29 is 42.1 Å². The van der Waals surface area contributed by atoms with Gasteiger partial charge >= 0.3 is 19.8 Å².